The molecule has 0 amide bonds. The van der Waals surface area contributed by atoms with Crippen LogP contribution in [0, 0.1) is 10.1 Å². The molecule has 0 aliphatic rings. The van der Waals surface area contributed by atoms with Crippen LogP contribution in [-0.2, 0) is 11.3 Å². The molecule has 14 heavy (non-hydrogen) atoms. The van der Waals surface area contributed by atoms with Gasteiger partial charge in [0.15, 0.2) is 0 Å². The number of nitro benzene ring substituents is 1. The van der Waals surface area contributed by atoms with Gasteiger partial charge in [-0.2, -0.15) is 0 Å². The molecule has 74 valence electrons. The van der Waals surface area contributed by atoms with Gasteiger partial charge in [0.25, 0.3) is 5.69 Å². The molecule has 0 heterocycles. The van der Waals surface area contributed by atoms with Gasteiger partial charge < -0.3 is 4.74 Å². The summed E-state index contributed by atoms with van der Waals surface area (Å²) < 4.78 is 11.4. The minimum atomic E-state index is -0.706. The molecule has 0 spiro atoms. The quantitative estimate of drug-likeness (QED) is 0.437. The summed E-state index contributed by atoms with van der Waals surface area (Å²) in [6.45, 7) is -0.165. The predicted molar refractivity (Wildman–Crippen MR) is 53.0 cm³/mol. The molecule has 1 atom stereocenters. The van der Waals surface area contributed by atoms with Gasteiger partial charge in [-0.05, 0) is 15.3 Å². The normalized spacial score (nSPS) is 11.3. The van der Waals surface area contributed by atoms with Crippen molar-refractivity contribution < 1.29 is 14.5 Å². The monoisotopic (exact) mass is 214 g/mol. The molecular formula is C8H8NO4P. The van der Waals surface area contributed by atoms with E-state index < -0.39 is 19.8 Å². The second-order valence-electron chi connectivity index (χ2n) is 2.46. The zero-order valence-corrected chi connectivity index (χ0v) is 8.10. The molecule has 1 rings (SSSR count). The van der Waals surface area contributed by atoms with Crippen molar-refractivity contribution in [3.8, 4) is 0 Å². The van der Waals surface area contributed by atoms with E-state index in [2.05, 4.69) is 4.74 Å². The van der Waals surface area contributed by atoms with Crippen molar-refractivity contribution in [3.05, 3.63) is 39.9 Å². The third kappa shape index (κ3) is 2.78. The van der Waals surface area contributed by atoms with Gasteiger partial charge >= 0.3 is 5.71 Å². The first-order valence-corrected chi connectivity index (χ1v) is 4.22. The molecule has 0 radical (unpaired) electrons. The SMILES string of the molecule is [2H]PC(=O)OCc1ccccc1[N+](=O)[O-]. The van der Waals surface area contributed by atoms with Crippen LogP contribution in [0.25, 0.3) is 0 Å². The number of rotatable bonds is 4. The van der Waals surface area contributed by atoms with Crippen LogP contribution >= 0.6 is 9.18 Å². The largest absolute Gasteiger partial charge is 0.458 e. The number of nitro groups is 1. The van der Waals surface area contributed by atoms with Gasteiger partial charge in [-0.25, -0.2) is 4.79 Å². The van der Waals surface area contributed by atoms with Crippen molar-refractivity contribution in [3.63, 3.8) is 0 Å². The van der Waals surface area contributed by atoms with Crippen LogP contribution in [0.4, 0.5) is 10.5 Å². The van der Waals surface area contributed by atoms with Crippen LogP contribution in [0.5, 0.6) is 0 Å². The lowest BCUT2D eigenvalue weighted by Crippen LogP contribution is -1.99. The lowest BCUT2D eigenvalue weighted by molar-refractivity contribution is -0.385. The molecule has 5 nitrogen and oxygen atoms in total. The van der Waals surface area contributed by atoms with Gasteiger partial charge in [0.05, 0.1) is 11.8 Å². The summed E-state index contributed by atoms with van der Waals surface area (Å²) >= 11 is 0. The van der Waals surface area contributed by atoms with Gasteiger partial charge in [-0.1, -0.05) is 12.1 Å². The molecule has 0 saturated carbocycles. The molecule has 1 unspecified atom stereocenters. The summed E-state index contributed by atoms with van der Waals surface area (Å²) in [4.78, 5) is 20.7. The molecule has 0 N–H and O–H groups in total. The Morgan fingerprint density at radius 2 is 2.36 bits per heavy atom. The van der Waals surface area contributed by atoms with E-state index in [-0.39, 0.29) is 12.3 Å². The Labute approximate surface area is 83.7 Å². The summed E-state index contributed by atoms with van der Waals surface area (Å²) in [6, 6.07) is 6.01. The summed E-state index contributed by atoms with van der Waals surface area (Å²) in [5.41, 5.74) is -0.430. The standard InChI is InChI=1S/C8H8NO4P/c10-8(14)13-5-6-3-1-2-4-7(6)9(11)12/h1-4H,5,14H2/i14D. The van der Waals surface area contributed by atoms with Crippen LogP contribution in [0.15, 0.2) is 24.3 Å². The highest BCUT2D eigenvalue weighted by Gasteiger charge is 2.12. The van der Waals surface area contributed by atoms with Gasteiger partial charge in [-0.3, -0.25) is 10.1 Å². The fourth-order valence-corrected chi connectivity index (χ4v) is 1.03. The summed E-state index contributed by atoms with van der Waals surface area (Å²) in [7, 11) is -0.706. The lowest BCUT2D eigenvalue weighted by Gasteiger charge is -2.02. The highest BCUT2D eigenvalue weighted by atomic mass is 31.0. The maximum Gasteiger partial charge on any atom is 0.320 e. The minimum Gasteiger partial charge on any atom is -0.458 e. The number of nitrogens with zero attached hydrogens (tertiary/aromatic N) is 1. The van der Waals surface area contributed by atoms with E-state index in [0.717, 1.165) is 0 Å². The highest BCUT2D eigenvalue weighted by molar-refractivity contribution is 7.39. The number of benzene rings is 1. The average Bonchev–Trinajstić information content (AvgIpc) is 2.26. The maximum atomic E-state index is 10.7. The van der Waals surface area contributed by atoms with Gasteiger partial charge in [0.1, 0.15) is 6.61 Å². The molecule has 0 saturated heterocycles. The van der Waals surface area contributed by atoms with Crippen molar-refractivity contribution in [1.29, 1.82) is 1.28 Å². The van der Waals surface area contributed by atoms with Crippen LogP contribution in [0.1, 0.15) is 5.56 Å². The van der Waals surface area contributed by atoms with Gasteiger partial charge in [0, 0.05) is 6.07 Å². The minimum absolute atomic E-state index is 0.0846. The van der Waals surface area contributed by atoms with Gasteiger partial charge in [0.2, 0.25) is 0 Å². The summed E-state index contributed by atoms with van der Waals surface area (Å²) in [5.74, 6) is 0. The maximum absolute atomic E-state index is 10.7. The zero-order chi connectivity index (χ0) is 11.3. The topological polar surface area (TPSA) is 69.4 Å². The number of carbonyl (C=O) groups excluding carboxylic acids is 1. The third-order valence-electron chi connectivity index (χ3n) is 1.55. The Hall–Kier alpha value is -1.48. The Balaban J connectivity index is 2.76. The molecule has 0 bridgehead atoms. The van der Waals surface area contributed by atoms with E-state index in [0.29, 0.717) is 5.56 Å². The van der Waals surface area contributed by atoms with E-state index in [4.69, 9.17) is 1.28 Å². The van der Waals surface area contributed by atoms with Crippen LogP contribution < -0.4 is 0 Å². The smallest absolute Gasteiger partial charge is 0.320 e. The highest BCUT2D eigenvalue weighted by Crippen LogP contribution is 2.18. The number of para-hydroxylation sites is 1. The number of carbonyl (C=O) groups is 1. The van der Waals surface area contributed by atoms with Gasteiger partial charge in [-0.15, -0.1) is 0 Å². The summed E-state index contributed by atoms with van der Waals surface area (Å²) in [6.07, 6.45) is 0. The number of hydrogen-bond donors (Lipinski definition) is 0. The Morgan fingerprint density at radius 1 is 1.64 bits per heavy atom. The Morgan fingerprint density at radius 3 is 3.00 bits per heavy atom. The first kappa shape index (κ1) is 9.09. The second-order valence-corrected chi connectivity index (χ2v) is 2.87. The van der Waals surface area contributed by atoms with Crippen LogP contribution in [0.2, 0.25) is 0 Å². The fourth-order valence-electron chi connectivity index (χ4n) is 0.954. The first-order chi connectivity index (χ1) is 7.15. The molecule has 1 aromatic carbocycles. The summed E-state index contributed by atoms with van der Waals surface area (Å²) in [5, 5.41) is 10.6. The second kappa shape index (κ2) is 4.67. The Kier molecular flexibility index (Phi) is 3.03. The third-order valence-corrected chi connectivity index (χ3v) is 1.69. The van der Waals surface area contributed by atoms with E-state index in [1.165, 1.54) is 18.2 Å². The van der Waals surface area contributed by atoms with Crippen LogP contribution in [0.3, 0.4) is 0 Å². The Bertz CT molecular complexity index is 385. The average molecular weight is 214 g/mol. The van der Waals surface area contributed by atoms with Crippen molar-refractivity contribution in [1.82, 2.24) is 0 Å². The van der Waals surface area contributed by atoms with E-state index >= 15 is 0 Å². The predicted octanol–water partition coefficient (Wildman–Crippen LogP) is 2.11. The number of hydrogen-bond acceptors (Lipinski definition) is 4. The van der Waals surface area contributed by atoms with Crippen molar-refractivity contribution in [2.75, 3.05) is 0 Å². The van der Waals surface area contributed by atoms with E-state index in [9.17, 15) is 14.9 Å². The molecule has 1 aromatic rings. The molecule has 6 heteroatoms. The van der Waals surface area contributed by atoms with E-state index in [1.807, 2.05) is 0 Å². The molecule has 0 aliphatic heterocycles. The fraction of sp³-hybridized carbons (Fsp3) is 0.125. The van der Waals surface area contributed by atoms with Crippen molar-refractivity contribution in [2.45, 2.75) is 6.61 Å². The first-order valence-electron chi connectivity index (χ1n) is 4.22. The number of ether oxygens (including phenoxy) is 1. The lowest BCUT2D eigenvalue weighted by atomic mass is 10.2. The van der Waals surface area contributed by atoms with Crippen molar-refractivity contribution in [2.24, 2.45) is 0 Å². The zero-order valence-electron chi connectivity index (χ0n) is 8.10. The molecule has 0 aromatic heterocycles. The van der Waals surface area contributed by atoms with Crippen LogP contribution in [-0.4, -0.2) is 11.9 Å². The van der Waals surface area contributed by atoms with Crippen molar-refractivity contribution >= 4 is 20.6 Å². The molecule has 0 aliphatic carbocycles. The van der Waals surface area contributed by atoms with E-state index in [1.54, 1.807) is 6.07 Å². The molecular weight excluding hydrogens is 205 g/mol. The molecule has 0 fully saturated rings.